The lowest BCUT2D eigenvalue weighted by Gasteiger charge is -1.99. The van der Waals surface area contributed by atoms with Crippen LogP contribution in [0.1, 0.15) is 28.7 Å². The van der Waals surface area contributed by atoms with Crippen LogP contribution in [0.4, 0.5) is 5.13 Å². The summed E-state index contributed by atoms with van der Waals surface area (Å²) in [6, 6.07) is 7.98. The molecule has 4 rings (SSSR count). The average Bonchev–Trinajstić information content (AvgIpc) is 3.47. The molecule has 0 fully saturated rings. The number of rotatable bonds is 8. The number of carbonyl (C=O) groups excluding carboxylic acids is 1. The Morgan fingerprint density at radius 1 is 1.23 bits per heavy atom. The molecule has 0 aliphatic carbocycles. The number of aromatic nitrogens is 7. The molecule has 0 saturated carbocycles. The molecule has 0 aliphatic heterocycles. The summed E-state index contributed by atoms with van der Waals surface area (Å²) in [6.07, 6.45) is 0.563. The summed E-state index contributed by atoms with van der Waals surface area (Å²) in [5, 5.41) is 23.4. The lowest BCUT2D eigenvalue weighted by Crippen LogP contribution is -2.12. The van der Waals surface area contributed by atoms with Gasteiger partial charge in [-0.2, -0.15) is 4.98 Å². The molecule has 0 radical (unpaired) electrons. The van der Waals surface area contributed by atoms with Crippen molar-refractivity contribution in [3.8, 4) is 11.4 Å². The van der Waals surface area contributed by atoms with Gasteiger partial charge in [0.1, 0.15) is 5.01 Å². The second-order valence-electron chi connectivity index (χ2n) is 6.35. The van der Waals surface area contributed by atoms with Crippen molar-refractivity contribution in [3.63, 3.8) is 0 Å². The Labute approximate surface area is 179 Å². The van der Waals surface area contributed by atoms with Crippen LogP contribution < -0.4 is 5.32 Å². The predicted octanol–water partition coefficient (Wildman–Crippen LogP) is 3.19. The molecule has 0 atom stereocenters. The molecule has 0 spiro atoms. The van der Waals surface area contributed by atoms with Gasteiger partial charge in [0.25, 0.3) is 0 Å². The lowest BCUT2D eigenvalue weighted by molar-refractivity contribution is -0.116. The van der Waals surface area contributed by atoms with Gasteiger partial charge in [0, 0.05) is 18.4 Å². The third-order valence-electron chi connectivity index (χ3n) is 4.04. The van der Waals surface area contributed by atoms with Gasteiger partial charge in [-0.25, -0.2) is 4.98 Å². The number of aromatic amines is 1. The molecule has 30 heavy (non-hydrogen) atoms. The molecule has 3 aromatic heterocycles. The van der Waals surface area contributed by atoms with Crippen molar-refractivity contribution in [2.45, 2.75) is 37.6 Å². The molecule has 0 aliphatic rings. The number of anilines is 1. The number of nitrogens with zero attached hydrogens (tertiary/aromatic N) is 6. The number of carbonyl (C=O) groups is 1. The second-order valence-corrected chi connectivity index (χ2v) is 8.47. The summed E-state index contributed by atoms with van der Waals surface area (Å²) in [4.78, 5) is 20.8. The van der Waals surface area contributed by atoms with E-state index in [0.29, 0.717) is 34.2 Å². The maximum absolute atomic E-state index is 12.0. The first-order valence-corrected chi connectivity index (χ1v) is 10.9. The summed E-state index contributed by atoms with van der Waals surface area (Å²) in [6.45, 7) is 3.86. The van der Waals surface area contributed by atoms with Crippen molar-refractivity contribution in [2.24, 2.45) is 0 Å². The molecule has 1 aromatic carbocycles. The Morgan fingerprint density at radius 2 is 2.10 bits per heavy atom. The first-order chi connectivity index (χ1) is 14.6. The van der Waals surface area contributed by atoms with E-state index in [9.17, 15) is 4.79 Å². The maximum atomic E-state index is 12.0. The first-order valence-electron chi connectivity index (χ1n) is 9.09. The number of hydrogen-bond donors (Lipinski definition) is 2. The fourth-order valence-electron chi connectivity index (χ4n) is 2.60. The molecule has 10 nitrogen and oxygen atoms in total. The van der Waals surface area contributed by atoms with Gasteiger partial charge < -0.3 is 9.84 Å². The summed E-state index contributed by atoms with van der Waals surface area (Å²) < 4.78 is 5.22. The number of amides is 1. The van der Waals surface area contributed by atoms with Crippen molar-refractivity contribution in [1.29, 1.82) is 0 Å². The van der Waals surface area contributed by atoms with Crippen molar-refractivity contribution in [3.05, 3.63) is 46.6 Å². The van der Waals surface area contributed by atoms with E-state index in [1.165, 1.54) is 23.1 Å². The number of nitrogens with one attached hydrogen (secondary N) is 2. The van der Waals surface area contributed by atoms with Crippen molar-refractivity contribution >= 4 is 34.1 Å². The largest absolute Gasteiger partial charge is 0.339 e. The van der Waals surface area contributed by atoms with Gasteiger partial charge in [0.05, 0.1) is 5.75 Å². The third kappa shape index (κ3) is 5.07. The van der Waals surface area contributed by atoms with Gasteiger partial charge >= 0.3 is 0 Å². The molecular formula is C18H18N8O2S2. The zero-order valence-corrected chi connectivity index (χ0v) is 17.9. The van der Waals surface area contributed by atoms with Crippen LogP contribution >= 0.6 is 23.1 Å². The molecular weight excluding hydrogens is 424 g/mol. The van der Waals surface area contributed by atoms with E-state index >= 15 is 0 Å². The molecule has 0 saturated heterocycles. The predicted molar refractivity (Wildman–Crippen MR) is 112 cm³/mol. The van der Waals surface area contributed by atoms with E-state index in [2.05, 4.69) is 40.8 Å². The number of hydrogen-bond acceptors (Lipinski definition) is 10. The molecule has 0 bridgehead atoms. The highest BCUT2D eigenvalue weighted by Gasteiger charge is 2.13. The van der Waals surface area contributed by atoms with Crippen LogP contribution in [0.5, 0.6) is 0 Å². The topological polar surface area (TPSA) is 135 Å². The van der Waals surface area contributed by atoms with Crippen LogP contribution in [-0.4, -0.2) is 41.4 Å². The number of thioether (sulfide) groups is 1. The van der Waals surface area contributed by atoms with Crippen LogP contribution in [0.15, 0.2) is 33.9 Å². The minimum absolute atomic E-state index is 0.176. The van der Waals surface area contributed by atoms with Crippen molar-refractivity contribution < 1.29 is 9.32 Å². The minimum Gasteiger partial charge on any atom is -0.339 e. The zero-order chi connectivity index (χ0) is 20.9. The minimum atomic E-state index is -0.176. The van der Waals surface area contributed by atoms with Crippen LogP contribution in [0.2, 0.25) is 0 Å². The monoisotopic (exact) mass is 442 g/mol. The SMILES string of the molecule is Cc1nnc(NC(=O)CCc2nc(CSc3n[nH]c(-c4ccccc4C)n3)no2)s1. The fourth-order valence-corrected chi connectivity index (χ4v) is 3.85. The summed E-state index contributed by atoms with van der Waals surface area (Å²) >= 11 is 2.73. The van der Waals surface area contributed by atoms with Gasteiger partial charge in [-0.15, -0.1) is 15.3 Å². The smallest absolute Gasteiger partial charge is 0.227 e. The standard InChI is InChI=1S/C18H18N8O2S2/c1-10-5-3-4-6-12(10)16-21-17(24-23-16)29-9-13-19-15(28-26-13)8-7-14(27)20-18-25-22-11(2)30-18/h3-6H,7-9H2,1-2H3,(H,20,25,27)(H,21,23,24). The highest BCUT2D eigenvalue weighted by Crippen LogP contribution is 2.23. The van der Waals surface area contributed by atoms with Gasteiger partial charge in [0.2, 0.25) is 22.1 Å². The molecule has 1 amide bonds. The highest BCUT2D eigenvalue weighted by atomic mass is 32.2. The van der Waals surface area contributed by atoms with E-state index in [1.54, 1.807) is 0 Å². The molecule has 12 heteroatoms. The number of aryl methyl sites for hydroxylation is 3. The first kappa shape index (κ1) is 20.2. The van der Waals surface area contributed by atoms with Gasteiger partial charge in [0.15, 0.2) is 11.6 Å². The van der Waals surface area contributed by atoms with Crippen LogP contribution in [0, 0.1) is 13.8 Å². The Balaban J connectivity index is 1.27. The highest BCUT2D eigenvalue weighted by molar-refractivity contribution is 7.98. The van der Waals surface area contributed by atoms with Crippen LogP contribution in [0.3, 0.4) is 0 Å². The van der Waals surface area contributed by atoms with Gasteiger partial charge in [-0.1, -0.05) is 52.5 Å². The lowest BCUT2D eigenvalue weighted by atomic mass is 10.1. The summed E-state index contributed by atoms with van der Waals surface area (Å²) in [5.74, 6) is 1.94. The van der Waals surface area contributed by atoms with Crippen LogP contribution in [0.25, 0.3) is 11.4 Å². The average molecular weight is 443 g/mol. The molecule has 0 unspecified atom stereocenters. The van der Waals surface area contributed by atoms with E-state index in [4.69, 9.17) is 4.52 Å². The number of H-pyrrole nitrogens is 1. The van der Waals surface area contributed by atoms with Crippen molar-refractivity contribution in [1.82, 2.24) is 35.5 Å². The summed E-state index contributed by atoms with van der Waals surface area (Å²) in [7, 11) is 0. The quantitative estimate of drug-likeness (QED) is 0.394. The van der Waals surface area contributed by atoms with E-state index in [-0.39, 0.29) is 12.3 Å². The Bertz CT molecular complexity index is 1150. The summed E-state index contributed by atoms with van der Waals surface area (Å²) in [5.41, 5.74) is 2.14. The Hall–Kier alpha value is -3.12. The van der Waals surface area contributed by atoms with Gasteiger partial charge in [-0.05, 0) is 19.4 Å². The third-order valence-corrected chi connectivity index (χ3v) is 5.64. The molecule has 4 aromatic rings. The fraction of sp³-hybridized carbons (Fsp3) is 0.278. The van der Waals surface area contributed by atoms with Crippen molar-refractivity contribution in [2.75, 3.05) is 5.32 Å². The molecule has 3 heterocycles. The second kappa shape index (κ2) is 9.13. The van der Waals surface area contributed by atoms with Gasteiger partial charge in [-0.3, -0.25) is 9.89 Å². The van der Waals surface area contributed by atoms with E-state index in [0.717, 1.165) is 22.0 Å². The van der Waals surface area contributed by atoms with E-state index in [1.807, 2.05) is 38.1 Å². The molecule has 2 N–H and O–H groups in total. The molecule has 154 valence electrons. The zero-order valence-electron chi connectivity index (χ0n) is 16.2. The normalized spacial score (nSPS) is 11.0. The maximum Gasteiger partial charge on any atom is 0.227 e. The number of benzene rings is 1. The Morgan fingerprint density at radius 3 is 2.90 bits per heavy atom. The van der Waals surface area contributed by atoms with E-state index < -0.39 is 0 Å². The van der Waals surface area contributed by atoms with Crippen LogP contribution in [-0.2, 0) is 17.0 Å². The Kier molecular flexibility index (Phi) is 6.14.